The van der Waals surface area contributed by atoms with Gasteiger partial charge in [-0.2, -0.15) is 26.3 Å². The number of aryl methyl sites for hydroxylation is 4. The lowest BCUT2D eigenvalue weighted by atomic mass is 10.0. The Morgan fingerprint density at radius 1 is 0.486 bits per heavy atom. The molecule has 7 rings (SSSR count). The van der Waals surface area contributed by atoms with Crippen LogP contribution in [0.2, 0.25) is 0 Å². The summed E-state index contributed by atoms with van der Waals surface area (Å²) in [6, 6.07) is 0. The number of thiophene rings is 6. The number of rotatable bonds is 2. The summed E-state index contributed by atoms with van der Waals surface area (Å²) in [6.45, 7) is 7.02. The summed E-state index contributed by atoms with van der Waals surface area (Å²) in [7, 11) is 0. The fourth-order valence-corrected chi connectivity index (χ4v) is 13.5. The van der Waals surface area contributed by atoms with E-state index >= 15 is 17.6 Å². The van der Waals surface area contributed by atoms with Gasteiger partial charge in [-0.25, -0.2) is 0 Å². The highest BCUT2D eigenvalue weighted by molar-refractivity contribution is 7.39. The molecule has 0 radical (unpaired) electrons. The lowest BCUT2D eigenvalue weighted by Gasteiger charge is -2.25. The van der Waals surface area contributed by atoms with Crippen molar-refractivity contribution in [3.8, 4) is 0 Å². The molecule has 0 saturated carbocycles. The van der Waals surface area contributed by atoms with Crippen molar-refractivity contribution in [3.05, 3.63) is 42.8 Å². The van der Waals surface area contributed by atoms with Crippen LogP contribution in [0.3, 0.4) is 0 Å². The number of halogens is 6. The first-order valence-corrected chi connectivity index (χ1v) is 16.0. The summed E-state index contributed by atoms with van der Waals surface area (Å²) < 4.78 is 98.6. The van der Waals surface area contributed by atoms with E-state index in [0.717, 1.165) is 52.6 Å². The number of alkyl halides is 6. The summed E-state index contributed by atoms with van der Waals surface area (Å²) in [5.41, 5.74) is 0.322. The van der Waals surface area contributed by atoms with Crippen molar-refractivity contribution >= 4 is 117 Å². The molecule has 6 heterocycles. The van der Waals surface area contributed by atoms with Gasteiger partial charge >= 0.3 is 17.8 Å². The lowest BCUT2D eigenvalue weighted by molar-refractivity contribution is -0.254. The number of hydrogen-bond acceptors (Lipinski definition) is 6. The first kappa shape index (κ1) is 24.6. The quantitative estimate of drug-likeness (QED) is 0.169. The third-order valence-electron chi connectivity index (χ3n) is 6.96. The molecule has 0 N–H and O–H groups in total. The molecule has 0 fully saturated rings. The lowest BCUT2D eigenvalue weighted by Crippen LogP contribution is -2.48. The smallest absolute Gasteiger partial charge is 0.194 e. The van der Waals surface area contributed by atoms with Gasteiger partial charge in [0.05, 0.1) is 48.7 Å². The Kier molecular flexibility index (Phi) is 4.91. The van der Waals surface area contributed by atoms with E-state index in [1.165, 1.54) is 45.3 Å². The van der Waals surface area contributed by atoms with Gasteiger partial charge in [0.25, 0.3) is 0 Å². The van der Waals surface area contributed by atoms with E-state index < -0.39 is 28.9 Å². The van der Waals surface area contributed by atoms with Crippen LogP contribution >= 0.6 is 68.0 Å². The fraction of sp³-hybridized carbons (Fsp3) is 0.280. The number of fused-ring (bicyclic) bond motifs is 6. The molecule has 0 bridgehead atoms. The third-order valence-corrected chi connectivity index (χ3v) is 15.5. The highest BCUT2D eigenvalue weighted by Gasteiger charge is 2.80. The summed E-state index contributed by atoms with van der Waals surface area (Å²) in [6.07, 6.45) is 0. The zero-order valence-electron chi connectivity index (χ0n) is 19.4. The minimum Gasteiger partial charge on any atom is -0.194 e. The van der Waals surface area contributed by atoms with Crippen molar-refractivity contribution in [2.24, 2.45) is 0 Å². The molecule has 1 aliphatic rings. The van der Waals surface area contributed by atoms with Crippen LogP contribution in [0, 0.1) is 27.7 Å². The zero-order valence-corrected chi connectivity index (χ0v) is 24.3. The van der Waals surface area contributed by atoms with Crippen LogP contribution in [0.25, 0.3) is 48.7 Å². The normalized spacial score (nSPS) is 19.1. The maximum Gasteiger partial charge on any atom is 0.380 e. The molecule has 192 valence electrons. The summed E-state index contributed by atoms with van der Waals surface area (Å²) in [4.78, 5) is -0.362. The van der Waals surface area contributed by atoms with Crippen LogP contribution in [0.4, 0.5) is 26.3 Å². The number of allylic oxidation sites excluding steroid dienone is 2. The molecular weight excluding hydrogens is 607 g/mol. The molecule has 6 aromatic rings. The topological polar surface area (TPSA) is 0 Å². The molecule has 0 unspecified atom stereocenters. The van der Waals surface area contributed by atoms with Crippen molar-refractivity contribution in [1.82, 2.24) is 0 Å². The van der Waals surface area contributed by atoms with E-state index in [4.69, 9.17) is 0 Å². The van der Waals surface area contributed by atoms with Crippen LogP contribution in [0.15, 0.2) is 10.8 Å². The molecule has 0 spiro atoms. The van der Waals surface area contributed by atoms with Crippen LogP contribution < -0.4 is 0 Å². The predicted molar refractivity (Wildman–Crippen MR) is 151 cm³/mol. The Labute approximate surface area is 230 Å². The van der Waals surface area contributed by atoms with Gasteiger partial charge in [0, 0.05) is 9.75 Å². The van der Waals surface area contributed by atoms with E-state index in [1.807, 2.05) is 24.6 Å². The fourth-order valence-electron chi connectivity index (χ4n) is 4.99. The van der Waals surface area contributed by atoms with Gasteiger partial charge in [0.2, 0.25) is 0 Å². The molecule has 0 nitrogen and oxygen atoms in total. The minimum atomic E-state index is -5.55. The molecule has 0 atom stereocenters. The van der Waals surface area contributed by atoms with Gasteiger partial charge in [0.15, 0.2) is 0 Å². The van der Waals surface area contributed by atoms with Gasteiger partial charge in [-0.1, -0.05) is 0 Å². The van der Waals surface area contributed by atoms with E-state index in [-0.39, 0.29) is 9.75 Å². The van der Waals surface area contributed by atoms with E-state index in [1.54, 1.807) is 13.8 Å². The standard InChI is InChI=1S/C25H14F6S6/c1-7-5-32-19-13(7)34-17-9(3)15(36-21(17)19)11-12(24(28,29)25(30,31)23(11,26)27)16-10(4)18-22(37-16)20-14(35-18)8(2)6-33-20/h5-6H,1-4H3. The van der Waals surface area contributed by atoms with E-state index in [2.05, 4.69) is 0 Å². The van der Waals surface area contributed by atoms with Crippen molar-refractivity contribution in [1.29, 1.82) is 0 Å². The molecule has 0 amide bonds. The molecule has 1 aliphatic carbocycles. The highest BCUT2D eigenvalue weighted by atomic mass is 32.1. The molecule has 0 saturated heterocycles. The van der Waals surface area contributed by atoms with Crippen molar-refractivity contribution < 1.29 is 26.3 Å². The first-order chi connectivity index (χ1) is 17.3. The SMILES string of the molecule is Cc1csc2c1sc1c(C)c(C3=C(c4sc5c(sc6c(C)csc65)c4C)C(F)(F)C(F)(F)C3(F)F)sc12. The van der Waals surface area contributed by atoms with Gasteiger partial charge in [-0.3, -0.25) is 0 Å². The molecular formula is C25H14F6S6. The summed E-state index contributed by atoms with van der Waals surface area (Å²) in [5.74, 6) is -15.6. The highest BCUT2D eigenvalue weighted by Crippen LogP contribution is 2.67. The zero-order chi connectivity index (χ0) is 26.4. The predicted octanol–water partition coefficient (Wildman–Crippen LogP) is 11.7. The van der Waals surface area contributed by atoms with Crippen LogP contribution in [-0.2, 0) is 0 Å². The van der Waals surface area contributed by atoms with Gasteiger partial charge in [-0.15, -0.1) is 68.0 Å². The molecule has 6 aromatic heterocycles. The van der Waals surface area contributed by atoms with E-state index in [0.29, 0.717) is 29.9 Å². The molecule has 12 heteroatoms. The van der Waals surface area contributed by atoms with Crippen LogP contribution in [0.5, 0.6) is 0 Å². The Morgan fingerprint density at radius 3 is 1.24 bits per heavy atom. The Morgan fingerprint density at radius 2 is 0.865 bits per heavy atom. The molecule has 37 heavy (non-hydrogen) atoms. The van der Waals surface area contributed by atoms with Gasteiger partial charge in [-0.05, 0) is 60.7 Å². The average molecular weight is 621 g/mol. The minimum absolute atomic E-state index is 0.181. The largest absolute Gasteiger partial charge is 0.380 e. The Hall–Kier alpha value is -1.44. The average Bonchev–Trinajstić information content (AvgIpc) is 3.64. The summed E-state index contributed by atoms with van der Waals surface area (Å²) in [5, 5.41) is 3.89. The van der Waals surface area contributed by atoms with Crippen molar-refractivity contribution in [2.75, 3.05) is 0 Å². The Bertz CT molecular complexity index is 1820. The van der Waals surface area contributed by atoms with Crippen molar-refractivity contribution in [2.45, 2.75) is 45.5 Å². The Balaban J connectivity index is 1.59. The monoisotopic (exact) mass is 620 g/mol. The maximum absolute atomic E-state index is 15.5. The third kappa shape index (κ3) is 2.79. The van der Waals surface area contributed by atoms with E-state index in [9.17, 15) is 8.78 Å². The second-order valence-electron chi connectivity index (χ2n) is 9.26. The second-order valence-corrected chi connectivity index (χ2v) is 15.1. The van der Waals surface area contributed by atoms with Crippen LogP contribution in [0.1, 0.15) is 32.0 Å². The van der Waals surface area contributed by atoms with Crippen LogP contribution in [-0.4, -0.2) is 17.8 Å². The number of hydrogen-bond donors (Lipinski definition) is 0. The molecule has 0 aliphatic heterocycles. The van der Waals surface area contributed by atoms with Crippen molar-refractivity contribution in [3.63, 3.8) is 0 Å². The summed E-state index contributed by atoms with van der Waals surface area (Å²) >= 11 is 7.52. The maximum atomic E-state index is 15.5. The second kappa shape index (κ2) is 7.39. The van der Waals surface area contributed by atoms with Gasteiger partial charge in [0.1, 0.15) is 0 Å². The molecule has 0 aromatic carbocycles. The van der Waals surface area contributed by atoms with Gasteiger partial charge < -0.3 is 0 Å². The first-order valence-electron chi connectivity index (χ1n) is 11.0.